The van der Waals surface area contributed by atoms with Crippen LogP contribution in [0.4, 0.5) is 5.69 Å². The molecule has 9 heteroatoms. The molecule has 0 aliphatic carbocycles. The van der Waals surface area contributed by atoms with Crippen molar-refractivity contribution in [3.63, 3.8) is 0 Å². The number of aromatic nitrogens is 2. The second kappa shape index (κ2) is 8.73. The Balaban J connectivity index is 1.43. The highest BCUT2D eigenvalue weighted by Crippen LogP contribution is 2.20. The third kappa shape index (κ3) is 5.00. The summed E-state index contributed by atoms with van der Waals surface area (Å²) in [5, 5.41) is 6.94. The molecule has 0 radical (unpaired) electrons. The van der Waals surface area contributed by atoms with Crippen LogP contribution in [0.2, 0.25) is 0 Å². The zero-order chi connectivity index (χ0) is 21.8. The van der Waals surface area contributed by atoms with E-state index in [0.29, 0.717) is 17.9 Å². The molecule has 160 valence electrons. The molecular weight excluding hydrogens is 414 g/mol. The van der Waals surface area contributed by atoms with Gasteiger partial charge in [-0.2, -0.15) is 13.5 Å². The molecule has 31 heavy (non-hydrogen) atoms. The van der Waals surface area contributed by atoms with E-state index in [9.17, 15) is 13.2 Å². The summed E-state index contributed by atoms with van der Waals surface area (Å²) in [4.78, 5) is 14.4. The Morgan fingerprint density at radius 3 is 2.65 bits per heavy atom. The molecule has 3 aromatic rings. The van der Waals surface area contributed by atoms with Crippen LogP contribution in [0.3, 0.4) is 0 Å². The number of nitrogens with zero attached hydrogens (tertiary/aromatic N) is 4. The smallest absolute Gasteiger partial charge is 0.284 e. The van der Waals surface area contributed by atoms with Gasteiger partial charge in [-0.25, -0.2) is 4.68 Å². The fourth-order valence-electron chi connectivity index (χ4n) is 3.41. The maximum Gasteiger partial charge on any atom is 0.284 e. The molecule has 2 aromatic carbocycles. The summed E-state index contributed by atoms with van der Waals surface area (Å²) < 4.78 is 31.0. The van der Waals surface area contributed by atoms with Gasteiger partial charge in [-0.05, 0) is 48.4 Å². The minimum atomic E-state index is -3.83. The number of hydrogen-bond acceptors (Lipinski definition) is 4. The first-order chi connectivity index (χ1) is 14.9. The monoisotopic (exact) mass is 437 g/mol. The normalized spacial score (nSPS) is 15.4. The number of amidine groups is 1. The number of rotatable bonds is 6. The van der Waals surface area contributed by atoms with Crippen molar-refractivity contribution in [1.82, 2.24) is 14.7 Å². The zero-order valence-electron chi connectivity index (χ0n) is 17.1. The molecule has 2 heterocycles. The zero-order valence-corrected chi connectivity index (χ0v) is 17.9. The number of anilines is 1. The highest BCUT2D eigenvalue weighted by Gasteiger charge is 2.20. The van der Waals surface area contributed by atoms with E-state index in [4.69, 9.17) is 0 Å². The molecule has 8 nitrogen and oxygen atoms in total. The van der Waals surface area contributed by atoms with E-state index >= 15 is 0 Å². The molecule has 1 amide bonds. The second-order valence-electron chi connectivity index (χ2n) is 7.38. The fourth-order valence-corrected chi connectivity index (χ4v) is 4.55. The highest BCUT2D eigenvalue weighted by atomic mass is 32.2. The van der Waals surface area contributed by atoms with Crippen LogP contribution in [0.1, 0.15) is 18.4 Å². The van der Waals surface area contributed by atoms with E-state index in [2.05, 4.69) is 14.8 Å². The third-order valence-electron chi connectivity index (χ3n) is 5.05. The van der Waals surface area contributed by atoms with Crippen molar-refractivity contribution in [3.05, 3.63) is 72.6 Å². The maximum atomic E-state index is 12.7. The van der Waals surface area contributed by atoms with E-state index in [1.54, 1.807) is 23.0 Å². The quantitative estimate of drug-likeness (QED) is 0.640. The lowest BCUT2D eigenvalue weighted by molar-refractivity contribution is -0.115. The number of hydrogen-bond donors (Lipinski definition) is 1. The molecule has 0 unspecified atom stereocenters. The summed E-state index contributed by atoms with van der Waals surface area (Å²) in [5.74, 6) is 0.330. The van der Waals surface area contributed by atoms with Crippen LogP contribution in [-0.2, 0) is 21.2 Å². The summed E-state index contributed by atoms with van der Waals surface area (Å²) in [5.41, 5.74) is 2.16. The molecule has 1 saturated heterocycles. The van der Waals surface area contributed by atoms with Gasteiger partial charge in [0.25, 0.3) is 10.0 Å². The summed E-state index contributed by atoms with van der Waals surface area (Å²) in [6.07, 6.45) is 5.25. The lowest BCUT2D eigenvalue weighted by atomic mass is 10.1. The van der Waals surface area contributed by atoms with Gasteiger partial charge in [0, 0.05) is 38.1 Å². The molecule has 1 aliphatic heterocycles. The van der Waals surface area contributed by atoms with Crippen molar-refractivity contribution in [2.75, 3.05) is 18.9 Å². The molecule has 0 saturated carbocycles. The number of benzene rings is 2. The molecule has 1 aliphatic rings. The Labute approximate surface area is 181 Å². The molecule has 1 aromatic heterocycles. The van der Waals surface area contributed by atoms with Gasteiger partial charge in [0.05, 0.1) is 17.0 Å². The van der Waals surface area contributed by atoms with Crippen molar-refractivity contribution in [1.29, 1.82) is 0 Å². The minimum Gasteiger partial charge on any atom is -0.362 e. The van der Waals surface area contributed by atoms with Gasteiger partial charge in [-0.15, -0.1) is 4.40 Å². The number of sulfonamides is 1. The fraction of sp³-hybridized carbons (Fsp3) is 0.227. The first-order valence-corrected chi connectivity index (χ1v) is 11.4. The minimum absolute atomic E-state index is 0.0571. The van der Waals surface area contributed by atoms with Gasteiger partial charge in [0.2, 0.25) is 5.91 Å². The van der Waals surface area contributed by atoms with Crippen molar-refractivity contribution < 1.29 is 13.2 Å². The molecule has 0 atom stereocenters. The van der Waals surface area contributed by atoms with Gasteiger partial charge in [-0.1, -0.05) is 18.2 Å². The molecular formula is C22H23N5O3S. The van der Waals surface area contributed by atoms with Crippen molar-refractivity contribution >= 4 is 27.5 Å². The Bertz CT molecular complexity index is 1200. The molecule has 0 bridgehead atoms. The van der Waals surface area contributed by atoms with Crippen LogP contribution in [0.5, 0.6) is 0 Å². The first kappa shape index (κ1) is 20.8. The summed E-state index contributed by atoms with van der Waals surface area (Å²) in [6.45, 7) is 0.799. The van der Waals surface area contributed by atoms with Gasteiger partial charge in [0.15, 0.2) is 0 Å². The SMILES string of the molecule is CN1CCC/C1=N\S(=O)(=O)c1cccc(NC(=O)Cc2ccc(-n3cccn3)cc2)c1. The van der Waals surface area contributed by atoms with E-state index < -0.39 is 10.0 Å². The molecule has 4 rings (SSSR count). The van der Waals surface area contributed by atoms with Crippen molar-refractivity contribution in [2.45, 2.75) is 24.2 Å². The predicted octanol–water partition coefficient (Wildman–Crippen LogP) is 2.87. The standard InChI is InChI=1S/C22H23N5O3S/c1-26-13-3-7-21(26)25-31(29,30)20-6-2-5-18(16-20)24-22(28)15-17-8-10-19(11-9-17)27-14-4-12-23-27/h2,4-6,8-12,14,16H,3,7,13,15H2,1H3,(H,24,28)/b25-21+. The number of likely N-dealkylation sites (tertiary alicyclic amines) is 1. The van der Waals surface area contributed by atoms with Crippen LogP contribution >= 0.6 is 0 Å². The summed E-state index contributed by atoms with van der Waals surface area (Å²) >= 11 is 0. The van der Waals surface area contributed by atoms with E-state index in [1.165, 1.54) is 12.1 Å². The average Bonchev–Trinajstić information content (AvgIpc) is 3.41. The molecule has 1 N–H and O–H groups in total. The van der Waals surface area contributed by atoms with Crippen LogP contribution in [0.15, 0.2) is 76.3 Å². The average molecular weight is 438 g/mol. The third-order valence-corrected chi connectivity index (χ3v) is 6.35. The first-order valence-electron chi connectivity index (χ1n) is 9.94. The van der Waals surface area contributed by atoms with Crippen LogP contribution in [0, 0.1) is 0 Å². The maximum absolute atomic E-state index is 12.7. The van der Waals surface area contributed by atoms with E-state index in [0.717, 1.165) is 24.2 Å². The largest absolute Gasteiger partial charge is 0.362 e. The Kier molecular flexibility index (Phi) is 5.85. The van der Waals surface area contributed by atoms with Crippen LogP contribution < -0.4 is 5.32 Å². The van der Waals surface area contributed by atoms with Crippen LogP contribution in [-0.4, -0.2) is 48.4 Å². The number of carbonyl (C=O) groups excluding carboxylic acids is 1. The van der Waals surface area contributed by atoms with Gasteiger partial charge >= 0.3 is 0 Å². The lowest BCUT2D eigenvalue weighted by Crippen LogP contribution is -2.20. The van der Waals surface area contributed by atoms with Gasteiger partial charge in [0.1, 0.15) is 5.84 Å². The topological polar surface area (TPSA) is 96.7 Å². The van der Waals surface area contributed by atoms with E-state index in [1.807, 2.05) is 48.5 Å². The number of amides is 1. The van der Waals surface area contributed by atoms with Gasteiger partial charge < -0.3 is 10.2 Å². The Hall–Kier alpha value is -3.46. The Morgan fingerprint density at radius 2 is 1.97 bits per heavy atom. The number of nitrogens with one attached hydrogen (secondary N) is 1. The van der Waals surface area contributed by atoms with Crippen LogP contribution in [0.25, 0.3) is 5.69 Å². The van der Waals surface area contributed by atoms with Gasteiger partial charge in [-0.3, -0.25) is 4.79 Å². The highest BCUT2D eigenvalue weighted by molar-refractivity contribution is 7.90. The number of carbonyl (C=O) groups is 1. The van der Waals surface area contributed by atoms with Crippen molar-refractivity contribution in [2.24, 2.45) is 4.40 Å². The van der Waals surface area contributed by atoms with E-state index in [-0.39, 0.29) is 17.2 Å². The summed E-state index contributed by atoms with van der Waals surface area (Å²) in [7, 11) is -2.00. The summed E-state index contributed by atoms with van der Waals surface area (Å²) in [6, 6.07) is 15.5. The lowest BCUT2D eigenvalue weighted by Gasteiger charge is -2.11. The molecule has 1 fully saturated rings. The Morgan fingerprint density at radius 1 is 1.16 bits per heavy atom. The second-order valence-corrected chi connectivity index (χ2v) is 8.98. The predicted molar refractivity (Wildman–Crippen MR) is 119 cm³/mol. The van der Waals surface area contributed by atoms with Crippen molar-refractivity contribution in [3.8, 4) is 5.69 Å². The molecule has 0 spiro atoms.